The van der Waals surface area contributed by atoms with Crippen LogP contribution in [-0.4, -0.2) is 17.3 Å². The highest BCUT2D eigenvalue weighted by Gasteiger charge is 2.15. The highest BCUT2D eigenvalue weighted by atomic mass is 16.1. The van der Waals surface area contributed by atoms with Gasteiger partial charge in [-0.25, -0.2) is 0 Å². The third-order valence-electron chi connectivity index (χ3n) is 2.73. The Morgan fingerprint density at radius 3 is 2.87 bits per heavy atom. The molecule has 2 atom stereocenters. The van der Waals surface area contributed by atoms with E-state index in [0.29, 0.717) is 5.92 Å². The summed E-state index contributed by atoms with van der Waals surface area (Å²) in [5, 5.41) is 3.22. The second-order valence-corrected chi connectivity index (χ2v) is 3.83. The number of aromatic nitrogens is 1. The average molecular weight is 206 g/mol. The maximum Gasteiger partial charge on any atom is 0.142 e. The van der Waals surface area contributed by atoms with Gasteiger partial charge in [0.25, 0.3) is 0 Å². The van der Waals surface area contributed by atoms with Crippen molar-refractivity contribution in [3.8, 4) is 0 Å². The number of pyridine rings is 1. The van der Waals surface area contributed by atoms with Crippen molar-refractivity contribution in [1.82, 2.24) is 4.98 Å². The maximum atomic E-state index is 10.9. The lowest BCUT2D eigenvalue weighted by Gasteiger charge is -2.20. The first-order valence-corrected chi connectivity index (χ1v) is 5.32. The Balaban J connectivity index is 2.75. The topological polar surface area (TPSA) is 42.0 Å². The molecule has 3 heteroatoms. The first-order chi connectivity index (χ1) is 7.19. The van der Waals surface area contributed by atoms with Crippen LogP contribution in [0.1, 0.15) is 26.0 Å². The summed E-state index contributed by atoms with van der Waals surface area (Å²) in [7, 11) is 0. The van der Waals surface area contributed by atoms with E-state index in [1.165, 1.54) is 0 Å². The predicted molar refractivity (Wildman–Crippen MR) is 61.9 cm³/mol. The second-order valence-electron chi connectivity index (χ2n) is 3.83. The molecule has 0 bridgehead atoms. The molecule has 1 rings (SSSR count). The van der Waals surface area contributed by atoms with Crippen LogP contribution in [0.15, 0.2) is 18.3 Å². The van der Waals surface area contributed by atoms with E-state index in [9.17, 15) is 4.79 Å². The number of nitrogens with one attached hydrogen (secondary N) is 1. The van der Waals surface area contributed by atoms with Crippen LogP contribution < -0.4 is 5.32 Å². The molecule has 0 fully saturated rings. The van der Waals surface area contributed by atoms with Crippen molar-refractivity contribution < 1.29 is 4.79 Å². The summed E-state index contributed by atoms with van der Waals surface area (Å²) in [5.74, 6) is 0.335. The van der Waals surface area contributed by atoms with Gasteiger partial charge in [0.2, 0.25) is 0 Å². The standard InChI is InChI=1S/C12H18N2O/c1-4-9(2)12(8-15)14-11-6-5-7-13-10(11)3/h5-9,12,14H,4H2,1-3H3/t9-,12+/m0/s1. The van der Waals surface area contributed by atoms with Gasteiger partial charge in [-0.3, -0.25) is 4.98 Å². The third-order valence-corrected chi connectivity index (χ3v) is 2.73. The van der Waals surface area contributed by atoms with Crippen LogP contribution in [0.4, 0.5) is 5.69 Å². The van der Waals surface area contributed by atoms with Gasteiger partial charge in [-0.15, -0.1) is 0 Å². The van der Waals surface area contributed by atoms with Crippen LogP contribution in [0.25, 0.3) is 0 Å². The fourth-order valence-corrected chi connectivity index (χ4v) is 1.38. The molecule has 0 aliphatic heterocycles. The molecule has 1 aromatic rings. The molecule has 0 amide bonds. The second kappa shape index (κ2) is 5.49. The number of carbonyl (C=O) groups is 1. The van der Waals surface area contributed by atoms with Gasteiger partial charge >= 0.3 is 0 Å². The summed E-state index contributed by atoms with van der Waals surface area (Å²) in [6.07, 6.45) is 3.70. The number of aryl methyl sites for hydroxylation is 1. The lowest BCUT2D eigenvalue weighted by atomic mass is 10.00. The van der Waals surface area contributed by atoms with Crippen LogP contribution in [-0.2, 0) is 4.79 Å². The Hall–Kier alpha value is -1.38. The Morgan fingerprint density at radius 1 is 1.60 bits per heavy atom. The maximum absolute atomic E-state index is 10.9. The summed E-state index contributed by atoms with van der Waals surface area (Å²) >= 11 is 0. The number of hydrogen-bond acceptors (Lipinski definition) is 3. The monoisotopic (exact) mass is 206 g/mol. The van der Waals surface area contributed by atoms with Gasteiger partial charge in [-0.05, 0) is 25.0 Å². The fourth-order valence-electron chi connectivity index (χ4n) is 1.38. The van der Waals surface area contributed by atoms with Crippen molar-refractivity contribution in [3.63, 3.8) is 0 Å². The van der Waals surface area contributed by atoms with Gasteiger partial charge in [0.1, 0.15) is 6.29 Å². The molecule has 0 aliphatic carbocycles. The van der Waals surface area contributed by atoms with Gasteiger partial charge in [-0.1, -0.05) is 20.3 Å². The van der Waals surface area contributed by atoms with E-state index >= 15 is 0 Å². The first kappa shape index (κ1) is 11.7. The van der Waals surface area contributed by atoms with Crippen molar-refractivity contribution in [2.75, 3.05) is 5.32 Å². The van der Waals surface area contributed by atoms with Crippen LogP contribution >= 0.6 is 0 Å². The zero-order valence-electron chi connectivity index (χ0n) is 9.53. The molecule has 1 heterocycles. The van der Waals surface area contributed by atoms with Crippen LogP contribution in [0.5, 0.6) is 0 Å². The van der Waals surface area contributed by atoms with Gasteiger partial charge in [-0.2, -0.15) is 0 Å². The lowest BCUT2D eigenvalue weighted by molar-refractivity contribution is -0.109. The SMILES string of the molecule is CC[C@H](C)[C@@H](C=O)Nc1cccnc1C. The minimum absolute atomic E-state index is 0.127. The van der Waals surface area contributed by atoms with E-state index in [2.05, 4.69) is 24.1 Å². The zero-order valence-corrected chi connectivity index (χ0v) is 9.53. The zero-order chi connectivity index (χ0) is 11.3. The van der Waals surface area contributed by atoms with Gasteiger partial charge < -0.3 is 10.1 Å². The minimum atomic E-state index is -0.127. The molecular weight excluding hydrogens is 188 g/mol. The normalized spacial score (nSPS) is 14.3. The Kier molecular flexibility index (Phi) is 4.28. The highest BCUT2D eigenvalue weighted by Crippen LogP contribution is 2.15. The predicted octanol–water partition coefficient (Wildman–Crippen LogP) is 2.42. The molecule has 0 aromatic carbocycles. The lowest BCUT2D eigenvalue weighted by Crippen LogP contribution is -2.28. The van der Waals surface area contributed by atoms with E-state index in [1.54, 1.807) is 6.20 Å². The number of anilines is 1. The van der Waals surface area contributed by atoms with Crippen LogP contribution in [0, 0.1) is 12.8 Å². The molecule has 82 valence electrons. The number of aldehydes is 1. The van der Waals surface area contributed by atoms with Gasteiger partial charge in [0, 0.05) is 6.20 Å². The molecule has 0 aliphatic rings. The molecule has 0 radical (unpaired) electrons. The van der Waals surface area contributed by atoms with E-state index in [1.807, 2.05) is 19.1 Å². The fraction of sp³-hybridized carbons (Fsp3) is 0.500. The number of carbonyl (C=O) groups excluding carboxylic acids is 1. The Labute approximate surface area is 90.9 Å². The Bertz CT molecular complexity index is 325. The summed E-state index contributed by atoms with van der Waals surface area (Å²) in [6.45, 7) is 6.08. The summed E-state index contributed by atoms with van der Waals surface area (Å²) in [6, 6.07) is 3.69. The van der Waals surface area contributed by atoms with Crippen molar-refractivity contribution in [2.24, 2.45) is 5.92 Å². The summed E-state index contributed by atoms with van der Waals surface area (Å²) < 4.78 is 0. The smallest absolute Gasteiger partial charge is 0.142 e. The number of hydrogen-bond donors (Lipinski definition) is 1. The summed E-state index contributed by atoms with van der Waals surface area (Å²) in [5.41, 5.74) is 1.86. The van der Waals surface area contributed by atoms with Crippen molar-refractivity contribution in [2.45, 2.75) is 33.2 Å². The van der Waals surface area contributed by atoms with Crippen LogP contribution in [0.2, 0.25) is 0 Å². The van der Waals surface area contributed by atoms with Gasteiger partial charge in [0.05, 0.1) is 17.4 Å². The van der Waals surface area contributed by atoms with Crippen LogP contribution in [0.3, 0.4) is 0 Å². The molecule has 0 saturated carbocycles. The van der Waals surface area contributed by atoms with E-state index in [4.69, 9.17) is 0 Å². The van der Waals surface area contributed by atoms with Crippen molar-refractivity contribution >= 4 is 12.0 Å². The Morgan fingerprint density at radius 2 is 2.33 bits per heavy atom. The molecule has 0 spiro atoms. The quantitative estimate of drug-likeness (QED) is 0.752. The third kappa shape index (κ3) is 3.05. The summed E-state index contributed by atoms with van der Waals surface area (Å²) in [4.78, 5) is 15.1. The molecule has 0 unspecified atom stereocenters. The molecule has 1 N–H and O–H groups in total. The average Bonchev–Trinajstić information content (AvgIpc) is 2.27. The van der Waals surface area contributed by atoms with Crippen molar-refractivity contribution in [3.05, 3.63) is 24.0 Å². The van der Waals surface area contributed by atoms with E-state index in [-0.39, 0.29) is 6.04 Å². The largest absolute Gasteiger partial charge is 0.374 e. The molecule has 0 saturated heterocycles. The van der Waals surface area contributed by atoms with E-state index in [0.717, 1.165) is 24.1 Å². The highest BCUT2D eigenvalue weighted by molar-refractivity contribution is 5.65. The first-order valence-electron chi connectivity index (χ1n) is 5.32. The molecule has 15 heavy (non-hydrogen) atoms. The molecule has 1 aromatic heterocycles. The number of nitrogens with zero attached hydrogens (tertiary/aromatic N) is 1. The van der Waals surface area contributed by atoms with Gasteiger partial charge in [0.15, 0.2) is 0 Å². The minimum Gasteiger partial charge on any atom is -0.374 e. The van der Waals surface area contributed by atoms with Crippen molar-refractivity contribution in [1.29, 1.82) is 0 Å². The number of rotatable bonds is 5. The van der Waals surface area contributed by atoms with E-state index < -0.39 is 0 Å². The molecular formula is C12H18N2O. The molecule has 3 nitrogen and oxygen atoms in total.